The van der Waals surface area contributed by atoms with Crippen LogP contribution in [0.3, 0.4) is 0 Å². The van der Waals surface area contributed by atoms with Crippen molar-refractivity contribution in [2.75, 3.05) is 0 Å². The summed E-state index contributed by atoms with van der Waals surface area (Å²) in [7, 11) is -1.71. The predicted molar refractivity (Wildman–Crippen MR) is 231 cm³/mol. The Kier molecular flexibility index (Phi) is 11.1. The molecule has 3 aromatic heterocycles. The fourth-order valence-electron chi connectivity index (χ4n) is 6.92. The molecule has 285 valence electrons. The number of benzene rings is 5. The van der Waals surface area contributed by atoms with Crippen LogP contribution in [0.5, 0.6) is 0 Å². The van der Waals surface area contributed by atoms with E-state index in [1.165, 1.54) is 22.7 Å². The number of hydrogen-bond donors (Lipinski definition) is 0. The van der Waals surface area contributed by atoms with Crippen LogP contribution in [0.4, 0.5) is 4.39 Å². The van der Waals surface area contributed by atoms with Gasteiger partial charge in [0.2, 0.25) is 0 Å². The first-order chi connectivity index (χ1) is 27.5. The number of fused-ring (bicyclic) bond motifs is 3. The fourth-order valence-corrected chi connectivity index (χ4v) is 8.44. The van der Waals surface area contributed by atoms with Crippen molar-refractivity contribution < 1.29 is 28.6 Å². The minimum atomic E-state index is -1.71. The molecule has 3 heterocycles. The van der Waals surface area contributed by atoms with E-state index in [4.69, 9.17) is 4.11 Å². The molecule has 0 N–H and O–H groups in total. The van der Waals surface area contributed by atoms with Gasteiger partial charge in [-0.05, 0) is 74.7 Å². The van der Waals surface area contributed by atoms with Crippen molar-refractivity contribution in [3.8, 4) is 28.2 Å². The Morgan fingerprint density at radius 3 is 2.09 bits per heavy atom. The monoisotopic (exact) mass is 933 g/mol. The Balaban J connectivity index is 0.000000199. The SMILES string of the molecule is [2H]C(C)(c1ccccc1)c1cc(-c2[c-]cc(F)cc2)ncc1[Si](C)(C)C.[2H]C([2H])(c1ccnc(-c2[c-]cc3c(c2)c2ccccc2n3-c2ccccc2)c1)C(C)(C)C.[Ir]. The maximum Gasteiger partial charge on any atom is 0.0799 e. The zero-order valence-electron chi connectivity index (χ0n) is 35.9. The van der Waals surface area contributed by atoms with Crippen LogP contribution < -0.4 is 5.19 Å². The van der Waals surface area contributed by atoms with Crippen LogP contribution in [-0.2, 0) is 26.5 Å². The summed E-state index contributed by atoms with van der Waals surface area (Å²) in [6.45, 7) is 14.5. The Morgan fingerprint density at radius 1 is 0.750 bits per heavy atom. The van der Waals surface area contributed by atoms with Crippen molar-refractivity contribution in [1.29, 1.82) is 0 Å². The zero-order valence-corrected chi connectivity index (χ0v) is 36.3. The molecular formula is C50H48FIrN3Si-2. The van der Waals surface area contributed by atoms with Gasteiger partial charge in [0.05, 0.1) is 8.07 Å². The first kappa shape index (κ1) is 36.6. The van der Waals surface area contributed by atoms with Gasteiger partial charge in [-0.3, -0.25) is 4.39 Å². The van der Waals surface area contributed by atoms with Crippen molar-refractivity contribution in [1.82, 2.24) is 14.5 Å². The molecule has 3 nitrogen and oxygen atoms in total. The molecule has 56 heavy (non-hydrogen) atoms. The summed E-state index contributed by atoms with van der Waals surface area (Å²) < 4.78 is 41.9. The second-order valence-corrected chi connectivity index (χ2v) is 21.0. The molecular weight excluding hydrogens is 882 g/mol. The Labute approximate surface area is 350 Å². The summed E-state index contributed by atoms with van der Waals surface area (Å²) in [6, 6.07) is 49.1. The summed E-state index contributed by atoms with van der Waals surface area (Å²) in [5.74, 6) is -1.21. The van der Waals surface area contributed by atoms with Gasteiger partial charge in [0.1, 0.15) is 0 Å². The molecule has 0 bridgehead atoms. The van der Waals surface area contributed by atoms with E-state index in [0.29, 0.717) is 5.56 Å². The van der Waals surface area contributed by atoms with Gasteiger partial charge in [-0.1, -0.05) is 137 Å². The van der Waals surface area contributed by atoms with Crippen molar-refractivity contribution in [2.24, 2.45) is 5.41 Å². The van der Waals surface area contributed by atoms with Gasteiger partial charge in [0, 0.05) is 59.5 Å². The van der Waals surface area contributed by atoms with Gasteiger partial charge in [-0.15, -0.1) is 53.6 Å². The van der Waals surface area contributed by atoms with Gasteiger partial charge in [0.25, 0.3) is 0 Å². The zero-order chi connectivity index (χ0) is 41.5. The number of halogens is 1. The maximum absolute atomic E-state index is 13.2. The molecule has 6 heteroatoms. The van der Waals surface area contributed by atoms with E-state index >= 15 is 0 Å². The number of aromatic nitrogens is 3. The van der Waals surface area contributed by atoms with Crippen molar-refractivity contribution >= 4 is 35.1 Å². The topological polar surface area (TPSA) is 30.7 Å². The standard InChI is InChI=1S/C28H25N2.C22H23FNSi.Ir/c1-28(2,3)19-20-15-16-29-25(17-20)21-13-14-27-24(18-21)23-11-7-8-12-26(23)30(27)22-9-5-4-6-10-22;1-16(17-8-6-5-7-9-17)20-14-21(18-10-12-19(23)13-11-18)24-15-22(20)25(2,3)4;/h4-12,14-18H,19H2,1-3H3;5-10,12-16H,1-4H3;/q2*-1;/i19D2;16D;. The molecule has 0 spiro atoms. The number of hydrogen-bond acceptors (Lipinski definition) is 2. The molecule has 0 aliphatic heterocycles. The maximum atomic E-state index is 13.2. The molecule has 0 saturated carbocycles. The molecule has 5 aromatic carbocycles. The van der Waals surface area contributed by atoms with E-state index in [9.17, 15) is 4.39 Å². The summed E-state index contributed by atoms with van der Waals surface area (Å²) in [5, 5.41) is 3.47. The van der Waals surface area contributed by atoms with E-state index in [1.807, 2.05) is 101 Å². The van der Waals surface area contributed by atoms with Gasteiger partial charge in [-0.25, -0.2) is 0 Å². The molecule has 0 saturated heterocycles. The summed E-state index contributed by atoms with van der Waals surface area (Å²) >= 11 is 0. The molecule has 1 radical (unpaired) electrons. The smallest absolute Gasteiger partial charge is 0.0799 e. The van der Waals surface area contributed by atoms with Gasteiger partial charge in [0.15, 0.2) is 0 Å². The third-order valence-corrected chi connectivity index (χ3v) is 11.6. The van der Waals surface area contributed by atoms with Crippen LogP contribution in [0.25, 0.3) is 50.0 Å². The van der Waals surface area contributed by atoms with E-state index in [1.54, 1.807) is 18.3 Å². The van der Waals surface area contributed by atoms with Crippen molar-refractivity contribution in [2.45, 2.75) is 59.6 Å². The first-order valence-corrected chi connectivity index (χ1v) is 22.2. The van der Waals surface area contributed by atoms with Crippen LogP contribution in [0.2, 0.25) is 19.6 Å². The molecule has 1 atom stereocenters. The Bertz CT molecular complexity index is 2700. The molecule has 0 aliphatic rings. The van der Waals surface area contributed by atoms with E-state index in [-0.39, 0.29) is 25.9 Å². The van der Waals surface area contributed by atoms with Crippen molar-refractivity contribution in [3.05, 3.63) is 180 Å². The first-order valence-electron chi connectivity index (χ1n) is 20.2. The van der Waals surface area contributed by atoms with Crippen LogP contribution in [-0.4, -0.2) is 22.6 Å². The predicted octanol–water partition coefficient (Wildman–Crippen LogP) is 12.6. The number of nitrogens with zero attached hydrogens (tertiary/aromatic N) is 3. The molecule has 8 aromatic rings. The van der Waals surface area contributed by atoms with E-state index in [2.05, 4.69) is 88.8 Å². The molecule has 0 aliphatic carbocycles. The van der Waals surface area contributed by atoms with Crippen LogP contribution in [0.1, 0.15) is 54.4 Å². The second kappa shape index (κ2) is 17.0. The normalized spacial score (nSPS) is 13.8. The van der Waals surface area contributed by atoms with Crippen molar-refractivity contribution in [3.63, 3.8) is 0 Å². The molecule has 0 amide bonds. The molecule has 8 rings (SSSR count). The molecule has 0 fully saturated rings. The fraction of sp³-hybridized carbons (Fsp3) is 0.200. The average molecular weight is 933 g/mol. The van der Waals surface area contributed by atoms with E-state index < -0.39 is 25.8 Å². The Morgan fingerprint density at radius 2 is 1.41 bits per heavy atom. The summed E-state index contributed by atoms with van der Waals surface area (Å²) in [6.07, 6.45) is 2.13. The summed E-state index contributed by atoms with van der Waals surface area (Å²) in [4.78, 5) is 9.16. The molecule has 1 unspecified atom stereocenters. The third kappa shape index (κ3) is 9.16. The van der Waals surface area contributed by atoms with E-state index in [0.717, 1.165) is 55.7 Å². The number of pyridine rings is 2. The van der Waals surface area contributed by atoms with Crippen LogP contribution >= 0.6 is 0 Å². The summed E-state index contributed by atoms with van der Waals surface area (Å²) in [5.41, 5.74) is 8.40. The number of para-hydroxylation sites is 2. The minimum Gasteiger partial charge on any atom is -0.351 e. The van der Waals surface area contributed by atoms with Gasteiger partial charge < -0.3 is 14.5 Å². The van der Waals surface area contributed by atoms with Crippen LogP contribution in [0, 0.1) is 23.4 Å². The quantitative estimate of drug-likeness (QED) is 0.118. The average Bonchev–Trinajstić information content (AvgIpc) is 3.55. The number of rotatable bonds is 7. The van der Waals surface area contributed by atoms with Crippen LogP contribution in [0.15, 0.2) is 146 Å². The minimum absolute atomic E-state index is 0. The Hall–Kier alpha value is -5.00. The third-order valence-electron chi connectivity index (χ3n) is 9.55. The van der Waals surface area contributed by atoms with Gasteiger partial charge >= 0.3 is 0 Å². The van der Waals surface area contributed by atoms with Gasteiger partial charge in [-0.2, -0.15) is 0 Å². The second-order valence-electron chi connectivity index (χ2n) is 15.9. The largest absolute Gasteiger partial charge is 0.351 e.